The van der Waals surface area contributed by atoms with Crippen LogP contribution in [-0.4, -0.2) is 110 Å². The molecule has 2 saturated heterocycles. The SMILES string of the molecule is COc1cc(O)c2c(=O)c(OC3OCC(O)C(O)C3O)c(-c3ccc(O)c(OC4OC(C)C(O)C(O)C4O)c3)oc2c1. The van der Waals surface area contributed by atoms with E-state index in [9.17, 15) is 45.6 Å². The minimum absolute atomic E-state index is 0.0453. The summed E-state index contributed by atoms with van der Waals surface area (Å²) in [6.07, 6.45) is -13.7. The Labute approximate surface area is 236 Å². The van der Waals surface area contributed by atoms with Gasteiger partial charge in [-0.15, -0.1) is 0 Å². The number of hydrogen-bond acceptors (Lipinski definition) is 15. The zero-order valence-electron chi connectivity index (χ0n) is 22.2. The van der Waals surface area contributed by atoms with Crippen LogP contribution in [0.5, 0.6) is 28.7 Å². The van der Waals surface area contributed by atoms with Crippen molar-refractivity contribution in [2.75, 3.05) is 13.7 Å². The van der Waals surface area contributed by atoms with Crippen molar-refractivity contribution in [2.45, 2.75) is 62.2 Å². The van der Waals surface area contributed by atoms with E-state index in [2.05, 4.69) is 0 Å². The fraction of sp³-hybridized carbons (Fsp3) is 0.444. The Morgan fingerprint density at radius 3 is 2.26 bits per heavy atom. The lowest BCUT2D eigenvalue weighted by atomic mass is 10.00. The first-order chi connectivity index (χ1) is 19.9. The molecule has 0 radical (unpaired) electrons. The molecule has 3 aromatic rings. The van der Waals surface area contributed by atoms with Crippen molar-refractivity contribution in [3.63, 3.8) is 0 Å². The van der Waals surface area contributed by atoms with E-state index in [0.717, 1.165) is 6.07 Å². The van der Waals surface area contributed by atoms with Crippen LogP contribution in [0.1, 0.15) is 6.92 Å². The first-order valence-corrected chi connectivity index (χ1v) is 12.8. The largest absolute Gasteiger partial charge is 0.507 e. The minimum atomic E-state index is -1.78. The number of phenolic OH excluding ortho intramolecular Hbond substituents is 2. The first-order valence-electron chi connectivity index (χ1n) is 12.8. The monoisotopic (exact) mass is 594 g/mol. The molecule has 3 heterocycles. The standard InChI is InChI=1S/C27H30O15/c1-9-18(31)21(34)23(36)27(39-9)41-15-5-10(3-4-12(15)28)24-25(42-26-22(35)19(32)14(30)8-38-26)20(33)17-13(29)6-11(37-2)7-16(17)40-24/h3-7,9,14,18-19,21-23,26-32,34-36H,8H2,1-2H3. The van der Waals surface area contributed by atoms with E-state index in [-0.39, 0.29) is 33.8 Å². The van der Waals surface area contributed by atoms with Crippen LogP contribution >= 0.6 is 0 Å². The third-order valence-corrected chi connectivity index (χ3v) is 7.10. The normalized spacial score (nSPS) is 31.6. The highest BCUT2D eigenvalue weighted by atomic mass is 16.7. The quantitative estimate of drug-likeness (QED) is 0.169. The molecule has 42 heavy (non-hydrogen) atoms. The fourth-order valence-corrected chi connectivity index (χ4v) is 4.66. The molecule has 5 rings (SSSR count). The number of ether oxygens (including phenoxy) is 5. The first kappa shape index (κ1) is 29.8. The van der Waals surface area contributed by atoms with Crippen LogP contribution < -0.4 is 19.6 Å². The molecule has 2 aliphatic heterocycles. The van der Waals surface area contributed by atoms with Crippen LogP contribution in [0.3, 0.4) is 0 Å². The van der Waals surface area contributed by atoms with Gasteiger partial charge in [-0.2, -0.15) is 0 Å². The Morgan fingerprint density at radius 2 is 1.55 bits per heavy atom. The predicted molar refractivity (Wildman–Crippen MR) is 139 cm³/mol. The molecule has 0 spiro atoms. The second-order valence-corrected chi connectivity index (χ2v) is 9.96. The maximum atomic E-state index is 13.7. The Kier molecular flexibility index (Phi) is 8.19. The van der Waals surface area contributed by atoms with Gasteiger partial charge in [-0.05, 0) is 25.1 Å². The van der Waals surface area contributed by atoms with Crippen molar-refractivity contribution in [2.24, 2.45) is 0 Å². The smallest absolute Gasteiger partial charge is 0.239 e. The molecule has 0 aliphatic carbocycles. The number of aliphatic hydroxyl groups is 6. The average molecular weight is 595 g/mol. The molecule has 0 bridgehead atoms. The van der Waals surface area contributed by atoms with E-state index in [4.69, 9.17) is 28.1 Å². The van der Waals surface area contributed by atoms with E-state index < -0.39 is 84.6 Å². The summed E-state index contributed by atoms with van der Waals surface area (Å²) in [7, 11) is 1.33. The second-order valence-electron chi connectivity index (χ2n) is 9.96. The van der Waals surface area contributed by atoms with Gasteiger partial charge >= 0.3 is 0 Å². The summed E-state index contributed by atoms with van der Waals surface area (Å²) in [5.41, 5.74) is -0.994. The Hall–Kier alpha value is -3.67. The number of aromatic hydroxyl groups is 2. The van der Waals surface area contributed by atoms with Crippen LogP contribution in [0, 0.1) is 0 Å². The summed E-state index contributed by atoms with van der Waals surface area (Å²) in [6, 6.07) is 6.17. The lowest BCUT2D eigenvalue weighted by Crippen LogP contribution is -2.58. The molecule has 0 amide bonds. The number of phenols is 2. The highest BCUT2D eigenvalue weighted by molar-refractivity contribution is 5.88. The van der Waals surface area contributed by atoms with Crippen molar-refractivity contribution < 1.29 is 69.0 Å². The Balaban J connectivity index is 1.61. The van der Waals surface area contributed by atoms with Crippen LogP contribution in [0.4, 0.5) is 0 Å². The van der Waals surface area contributed by atoms with Gasteiger partial charge in [0, 0.05) is 17.7 Å². The van der Waals surface area contributed by atoms with Gasteiger partial charge in [0.15, 0.2) is 17.3 Å². The maximum absolute atomic E-state index is 13.7. The number of methoxy groups -OCH3 is 1. The van der Waals surface area contributed by atoms with Crippen molar-refractivity contribution in [1.82, 2.24) is 0 Å². The van der Waals surface area contributed by atoms with E-state index >= 15 is 0 Å². The summed E-state index contributed by atoms with van der Waals surface area (Å²) in [5.74, 6) is -1.95. The van der Waals surface area contributed by atoms with Crippen LogP contribution in [0.25, 0.3) is 22.3 Å². The molecular formula is C27H30O15. The third-order valence-electron chi connectivity index (χ3n) is 7.10. The Morgan fingerprint density at radius 1 is 0.833 bits per heavy atom. The van der Waals surface area contributed by atoms with Gasteiger partial charge in [0.2, 0.25) is 23.8 Å². The number of benzene rings is 2. The summed E-state index contributed by atoms with van der Waals surface area (Å²) < 4.78 is 33.1. The number of rotatable bonds is 6. The van der Waals surface area contributed by atoms with Crippen molar-refractivity contribution >= 4 is 11.0 Å². The number of hydrogen-bond donors (Lipinski definition) is 8. The molecular weight excluding hydrogens is 564 g/mol. The molecule has 2 aliphatic rings. The number of fused-ring (bicyclic) bond motifs is 1. The number of aliphatic hydroxyl groups excluding tert-OH is 6. The highest BCUT2D eigenvalue weighted by Gasteiger charge is 2.44. The summed E-state index contributed by atoms with van der Waals surface area (Å²) >= 11 is 0. The molecule has 15 heteroatoms. The molecule has 2 aromatic carbocycles. The fourth-order valence-electron chi connectivity index (χ4n) is 4.66. The molecule has 0 saturated carbocycles. The highest BCUT2D eigenvalue weighted by Crippen LogP contribution is 2.40. The maximum Gasteiger partial charge on any atom is 0.239 e. The van der Waals surface area contributed by atoms with Crippen LogP contribution in [-0.2, 0) is 9.47 Å². The molecule has 9 unspecified atom stereocenters. The van der Waals surface area contributed by atoms with Gasteiger partial charge in [-0.3, -0.25) is 4.79 Å². The van der Waals surface area contributed by atoms with Crippen LogP contribution in [0.15, 0.2) is 39.5 Å². The zero-order chi connectivity index (χ0) is 30.5. The van der Waals surface area contributed by atoms with Gasteiger partial charge < -0.3 is 69.0 Å². The van der Waals surface area contributed by atoms with Crippen molar-refractivity contribution in [3.8, 4) is 40.1 Å². The van der Waals surface area contributed by atoms with Gasteiger partial charge in [-0.25, -0.2) is 0 Å². The third kappa shape index (κ3) is 5.32. The molecule has 9 atom stereocenters. The molecule has 1 aromatic heterocycles. The minimum Gasteiger partial charge on any atom is -0.507 e. The molecule has 15 nitrogen and oxygen atoms in total. The van der Waals surface area contributed by atoms with Gasteiger partial charge in [0.1, 0.15) is 59.1 Å². The van der Waals surface area contributed by atoms with E-state index in [1.54, 1.807) is 0 Å². The second kappa shape index (κ2) is 11.5. The Bertz CT molecular complexity index is 1510. The summed E-state index contributed by atoms with van der Waals surface area (Å²) in [5, 5.41) is 81.5. The summed E-state index contributed by atoms with van der Waals surface area (Å²) in [4.78, 5) is 13.7. The predicted octanol–water partition coefficient (Wildman–Crippen LogP) is -1.10. The lowest BCUT2D eigenvalue weighted by molar-refractivity contribution is -0.268. The van der Waals surface area contributed by atoms with E-state index in [1.165, 1.54) is 38.3 Å². The van der Waals surface area contributed by atoms with Crippen LogP contribution in [0.2, 0.25) is 0 Å². The van der Waals surface area contributed by atoms with Gasteiger partial charge in [-0.1, -0.05) is 0 Å². The van der Waals surface area contributed by atoms with Crippen molar-refractivity contribution in [3.05, 3.63) is 40.6 Å². The summed E-state index contributed by atoms with van der Waals surface area (Å²) in [6.45, 7) is 1.01. The molecule has 228 valence electrons. The van der Waals surface area contributed by atoms with E-state index in [1.807, 2.05) is 0 Å². The average Bonchev–Trinajstić information content (AvgIpc) is 2.96. The zero-order valence-corrected chi connectivity index (χ0v) is 22.2. The molecule has 2 fully saturated rings. The lowest BCUT2D eigenvalue weighted by Gasteiger charge is -2.38. The topological polar surface area (TPSA) is 238 Å². The van der Waals surface area contributed by atoms with Gasteiger partial charge in [0.25, 0.3) is 0 Å². The molecule has 8 N–H and O–H groups in total. The van der Waals surface area contributed by atoms with Gasteiger partial charge in [0.05, 0.1) is 19.8 Å². The van der Waals surface area contributed by atoms with Crippen molar-refractivity contribution in [1.29, 1.82) is 0 Å². The van der Waals surface area contributed by atoms with E-state index in [0.29, 0.717) is 0 Å².